The van der Waals surface area contributed by atoms with Gasteiger partial charge in [-0.15, -0.1) is 0 Å². The van der Waals surface area contributed by atoms with Crippen LogP contribution >= 0.6 is 35.0 Å². The fourth-order valence-electron chi connectivity index (χ4n) is 2.99. The minimum Gasteiger partial charge on any atom is -0.383 e. The Morgan fingerprint density at radius 1 is 1.23 bits per heavy atom. The quantitative estimate of drug-likeness (QED) is 0.590. The molecule has 0 aromatic heterocycles. The maximum Gasteiger partial charge on any atom is 0.242 e. The molecule has 31 heavy (non-hydrogen) atoms. The van der Waals surface area contributed by atoms with E-state index in [2.05, 4.69) is 10.3 Å². The first-order valence-electron chi connectivity index (χ1n) is 9.67. The predicted molar refractivity (Wildman–Crippen MR) is 128 cm³/mol. The van der Waals surface area contributed by atoms with Crippen LogP contribution in [0.2, 0.25) is 10.0 Å². The van der Waals surface area contributed by atoms with Gasteiger partial charge in [0.1, 0.15) is 5.25 Å². The highest BCUT2D eigenvalue weighted by Gasteiger charge is 2.39. The first kappa shape index (κ1) is 23.6. The largest absolute Gasteiger partial charge is 0.383 e. The molecule has 0 bridgehead atoms. The van der Waals surface area contributed by atoms with Crippen LogP contribution in [-0.2, 0) is 14.3 Å². The number of carbonyl (C=O) groups is 2. The zero-order valence-electron chi connectivity index (χ0n) is 17.4. The minimum absolute atomic E-state index is 0.0204. The van der Waals surface area contributed by atoms with Crippen molar-refractivity contribution in [3.8, 4) is 0 Å². The summed E-state index contributed by atoms with van der Waals surface area (Å²) in [6.07, 6.45) is 0.0204. The Bertz CT molecular complexity index is 1030. The van der Waals surface area contributed by atoms with Gasteiger partial charge in [-0.1, -0.05) is 47.1 Å². The number of hydrogen-bond donors (Lipinski definition) is 1. The van der Waals surface area contributed by atoms with Crippen molar-refractivity contribution >= 4 is 63.3 Å². The van der Waals surface area contributed by atoms with Crippen molar-refractivity contribution < 1.29 is 14.3 Å². The molecule has 1 heterocycles. The number of amides is 2. The number of carbonyl (C=O) groups excluding carboxylic acids is 2. The van der Waals surface area contributed by atoms with Crippen LogP contribution in [0.3, 0.4) is 0 Å². The highest BCUT2D eigenvalue weighted by molar-refractivity contribution is 8.15. The fourth-order valence-corrected chi connectivity index (χ4v) is 4.52. The molecular weight excluding hydrogens is 457 g/mol. The van der Waals surface area contributed by atoms with Gasteiger partial charge in [0.2, 0.25) is 11.8 Å². The number of thioether (sulfide) groups is 1. The molecule has 9 heteroatoms. The van der Waals surface area contributed by atoms with Crippen LogP contribution in [0.25, 0.3) is 0 Å². The lowest BCUT2D eigenvalue weighted by Crippen LogP contribution is -2.35. The van der Waals surface area contributed by atoms with Crippen molar-refractivity contribution in [1.82, 2.24) is 4.90 Å². The molecule has 0 aliphatic carbocycles. The van der Waals surface area contributed by atoms with Crippen LogP contribution < -0.4 is 5.32 Å². The van der Waals surface area contributed by atoms with Crippen LogP contribution in [-0.4, -0.2) is 47.4 Å². The number of nitrogens with one attached hydrogen (secondary N) is 1. The van der Waals surface area contributed by atoms with Crippen molar-refractivity contribution in [3.05, 3.63) is 57.6 Å². The summed E-state index contributed by atoms with van der Waals surface area (Å²) in [6, 6.07) is 10.8. The Hall–Kier alpha value is -2.06. The number of ether oxygens (including phenoxy) is 1. The van der Waals surface area contributed by atoms with E-state index in [0.29, 0.717) is 39.7 Å². The number of nitrogens with zero attached hydrogens (tertiary/aromatic N) is 2. The van der Waals surface area contributed by atoms with Crippen LogP contribution in [0.15, 0.2) is 41.4 Å². The lowest BCUT2D eigenvalue weighted by molar-refractivity contribution is -0.128. The van der Waals surface area contributed by atoms with E-state index >= 15 is 0 Å². The van der Waals surface area contributed by atoms with Crippen molar-refractivity contribution in [2.24, 2.45) is 4.99 Å². The molecule has 1 saturated heterocycles. The molecule has 2 aromatic carbocycles. The first-order valence-corrected chi connectivity index (χ1v) is 11.3. The molecule has 1 aliphatic rings. The number of benzene rings is 2. The van der Waals surface area contributed by atoms with E-state index in [-0.39, 0.29) is 18.2 Å². The number of rotatable bonds is 7. The number of amidine groups is 1. The standard InChI is InChI=1S/C22H23Cl2N3O3S/c1-13-7-8-15(11-17(13)24)25-22-27(9-10-30-3)21(29)19(31-22)12-20(28)26-18-6-4-5-16(23)14(18)2/h4-8,11,19H,9-10,12H2,1-3H3,(H,26,28)/t19-/m0/s1. The molecule has 1 atom stereocenters. The Morgan fingerprint density at radius 2 is 2.00 bits per heavy atom. The molecule has 1 aliphatic heterocycles. The number of anilines is 1. The Morgan fingerprint density at radius 3 is 2.71 bits per heavy atom. The zero-order chi connectivity index (χ0) is 22.5. The van der Waals surface area contributed by atoms with Crippen molar-refractivity contribution in [3.63, 3.8) is 0 Å². The van der Waals surface area contributed by atoms with Crippen molar-refractivity contribution in [2.45, 2.75) is 25.5 Å². The monoisotopic (exact) mass is 479 g/mol. The highest BCUT2D eigenvalue weighted by atomic mass is 35.5. The third kappa shape index (κ3) is 5.80. The molecule has 2 aromatic rings. The van der Waals surface area contributed by atoms with E-state index in [0.717, 1.165) is 11.1 Å². The maximum atomic E-state index is 13.0. The van der Waals surface area contributed by atoms with Gasteiger partial charge in [0.25, 0.3) is 0 Å². The van der Waals surface area contributed by atoms with Gasteiger partial charge in [0.05, 0.1) is 18.8 Å². The van der Waals surface area contributed by atoms with Crippen LogP contribution in [0.4, 0.5) is 11.4 Å². The van der Waals surface area contributed by atoms with Gasteiger partial charge >= 0.3 is 0 Å². The van der Waals surface area contributed by atoms with Crippen LogP contribution in [0.1, 0.15) is 17.5 Å². The molecule has 1 fully saturated rings. The Labute approximate surface area is 196 Å². The molecule has 2 amide bonds. The average Bonchev–Trinajstić information content (AvgIpc) is 3.01. The smallest absolute Gasteiger partial charge is 0.242 e. The normalized spacial score (nSPS) is 17.5. The number of halogens is 2. The van der Waals surface area contributed by atoms with E-state index in [1.807, 2.05) is 26.0 Å². The second kappa shape index (κ2) is 10.5. The second-order valence-corrected chi connectivity index (χ2v) is 9.07. The number of hydrogen-bond acceptors (Lipinski definition) is 5. The van der Waals surface area contributed by atoms with Gasteiger partial charge < -0.3 is 10.1 Å². The molecule has 0 unspecified atom stereocenters. The van der Waals surface area contributed by atoms with E-state index < -0.39 is 5.25 Å². The van der Waals surface area contributed by atoms with E-state index in [9.17, 15) is 9.59 Å². The summed E-state index contributed by atoms with van der Waals surface area (Å²) in [7, 11) is 1.57. The summed E-state index contributed by atoms with van der Waals surface area (Å²) in [5.41, 5.74) is 3.01. The third-order valence-corrected chi connectivity index (χ3v) is 6.82. The van der Waals surface area contributed by atoms with Gasteiger partial charge in [-0.25, -0.2) is 4.99 Å². The number of methoxy groups -OCH3 is 1. The van der Waals surface area contributed by atoms with E-state index in [1.165, 1.54) is 11.8 Å². The van der Waals surface area contributed by atoms with Gasteiger partial charge in [0, 0.05) is 29.3 Å². The number of aliphatic imine (C=N–C) groups is 1. The fraction of sp³-hybridized carbons (Fsp3) is 0.318. The Balaban J connectivity index is 1.77. The topological polar surface area (TPSA) is 71.0 Å². The lowest BCUT2D eigenvalue weighted by Gasteiger charge is -2.16. The summed E-state index contributed by atoms with van der Waals surface area (Å²) in [5, 5.41) is 3.97. The molecule has 0 radical (unpaired) electrons. The summed E-state index contributed by atoms with van der Waals surface area (Å²) in [5.74, 6) is -0.431. The minimum atomic E-state index is -0.573. The predicted octanol–water partition coefficient (Wildman–Crippen LogP) is 5.22. The molecule has 6 nitrogen and oxygen atoms in total. The van der Waals surface area contributed by atoms with Gasteiger partial charge in [-0.3, -0.25) is 14.5 Å². The maximum absolute atomic E-state index is 13.0. The highest BCUT2D eigenvalue weighted by Crippen LogP contribution is 2.33. The van der Waals surface area contributed by atoms with Gasteiger partial charge in [0.15, 0.2) is 5.17 Å². The molecule has 1 N–H and O–H groups in total. The SMILES string of the molecule is COCCN1C(=O)[C@H](CC(=O)Nc2cccc(Cl)c2C)SC1=Nc1ccc(C)c(Cl)c1. The molecule has 0 saturated carbocycles. The van der Waals surface area contributed by atoms with E-state index in [1.54, 1.807) is 36.3 Å². The van der Waals surface area contributed by atoms with Crippen LogP contribution in [0.5, 0.6) is 0 Å². The van der Waals surface area contributed by atoms with Gasteiger partial charge in [-0.05, 0) is 49.2 Å². The average molecular weight is 480 g/mol. The van der Waals surface area contributed by atoms with Gasteiger partial charge in [-0.2, -0.15) is 0 Å². The third-order valence-electron chi connectivity index (χ3n) is 4.83. The first-order chi connectivity index (χ1) is 14.8. The van der Waals surface area contributed by atoms with Crippen molar-refractivity contribution in [2.75, 3.05) is 25.6 Å². The van der Waals surface area contributed by atoms with Crippen LogP contribution in [0, 0.1) is 13.8 Å². The summed E-state index contributed by atoms with van der Waals surface area (Å²) in [4.78, 5) is 31.8. The molecule has 3 rings (SSSR count). The molecule has 0 spiro atoms. The number of aryl methyl sites for hydroxylation is 1. The Kier molecular flexibility index (Phi) is 8.00. The van der Waals surface area contributed by atoms with E-state index in [4.69, 9.17) is 27.9 Å². The summed E-state index contributed by atoms with van der Waals surface area (Å²) in [6.45, 7) is 4.46. The summed E-state index contributed by atoms with van der Waals surface area (Å²) >= 11 is 13.6. The lowest BCUT2D eigenvalue weighted by atomic mass is 10.2. The molecular formula is C22H23Cl2N3O3S. The second-order valence-electron chi connectivity index (χ2n) is 7.08. The van der Waals surface area contributed by atoms with Crippen molar-refractivity contribution in [1.29, 1.82) is 0 Å². The molecule has 164 valence electrons. The zero-order valence-corrected chi connectivity index (χ0v) is 19.8. The summed E-state index contributed by atoms with van der Waals surface area (Å²) < 4.78 is 5.13.